The van der Waals surface area contributed by atoms with E-state index in [4.69, 9.17) is 18.9 Å². The summed E-state index contributed by atoms with van der Waals surface area (Å²) in [5.41, 5.74) is 0.641. The molecule has 2 fully saturated rings. The van der Waals surface area contributed by atoms with Crippen LogP contribution in [0.5, 0.6) is 0 Å². The average molecular weight is 320 g/mol. The van der Waals surface area contributed by atoms with Crippen LogP contribution >= 0.6 is 0 Å². The third-order valence-corrected chi connectivity index (χ3v) is 3.87. The van der Waals surface area contributed by atoms with E-state index in [-0.39, 0.29) is 30.4 Å². The molecule has 1 aromatic carbocycles. The van der Waals surface area contributed by atoms with Crippen molar-refractivity contribution in [2.45, 2.75) is 57.9 Å². The van der Waals surface area contributed by atoms with Gasteiger partial charge < -0.3 is 18.9 Å². The number of fused-ring (bicyclic) bond motifs is 1. The van der Waals surface area contributed by atoms with Crippen LogP contribution in [0, 0.1) is 5.92 Å². The number of carbonyl (C=O) groups excluding carboxylic acids is 1. The number of benzene rings is 1. The summed E-state index contributed by atoms with van der Waals surface area (Å²) in [4.78, 5) is 11.9. The summed E-state index contributed by atoms with van der Waals surface area (Å²) in [6.07, 6.45) is -0.0591. The van der Waals surface area contributed by atoms with Gasteiger partial charge in [0.1, 0.15) is 11.7 Å². The molecule has 0 aliphatic carbocycles. The van der Waals surface area contributed by atoms with Gasteiger partial charge in [-0.05, 0) is 26.3 Å². The topological polar surface area (TPSA) is 57.3 Å². The third kappa shape index (κ3) is 4.53. The molecular formula is C18H24O5. The zero-order valence-corrected chi connectivity index (χ0v) is 13.9. The highest BCUT2D eigenvalue weighted by Crippen LogP contribution is 2.40. The molecule has 126 valence electrons. The van der Waals surface area contributed by atoms with Crippen molar-refractivity contribution in [3.63, 3.8) is 0 Å². The van der Waals surface area contributed by atoms with Gasteiger partial charge >= 0.3 is 5.97 Å². The van der Waals surface area contributed by atoms with E-state index in [1.165, 1.54) is 0 Å². The summed E-state index contributed by atoms with van der Waals surface area (Å²) in [6.45, 7) is 6.55. The maximum Gasteiger partial charge on any atom is 0.306 e. The molecule has 5 nitrogen and oxygen atoms in total. The van der Waals surface area contributed by atoms with E-state index in [1.54, 1.807) is 0 Å². The first-order chi connectivity index (χ1) is 10.9. The summed E-state index contributed by atoms with van der Waals surface area (Å²) in [7, 11) is 0. The maximum atomic E-state index is 11.9. The maximum absolute atomic E-state index is 11.9. The zero-order chi connectivity index (χ0) is 16.4. The van der Waals surface area contributed by atoms with Gasteiger partial charge in [-0.15, -0.1) is 0 Å². The summed E-state index contributed by atoms with van der Waals surface area (Å²) in [5, 5.41) is 0. The molecule has 3 rings (SSSR count). The predicted octanol–water partition coefficient (Wildman–Crippen LogP) is 2.67. The first-order valence-electron chi connectivity index (χ1n) is 8.07. The van der Waals surface area contributed by atoms with Crippen molar-refractivity contribution in [1.82, 2.24) is 0 Å². The van der Waals surface area contributed by atoms with E-state index in [2.05, 4.69) is 0 Å². The van der Waals surface area contributed by atoms with Gasteiger partial charge in [-0.3, -0.25) is 4.79 Å². The summed E-state index contributed by atoms with van der Waals surface area (Å²) in [5.74, 6) is -0.157. The Bertz CT molecular complexity index is 536. The largest absolute Gasteiger partial charge is 0.460 e. The second-order valence-corrected chi connectivity index (χ2v) is 7.11. The Balaban J connectivity index is 1.44. The van der Waals surface area contributed by atoms with Gasteiger partial charge in [-0.1, -0.05) is 30.3 Å². The van der Waals surface area contributed by atoms with Gasteiger partial charge in [-0.25, -0.2) is 0 Å². The van der Waals surface area contributed by atoms with E-state index >= 15 is 0 Å². The Labute approximate surface area is 136 Å². The lowest BCUT2D eigenvalue weighted by molar-refractivity contribution is -0.179. The number of rotatable bonds is 5. The monoisotopic (exact) mass is 320 g/mol. The van der Waals surface area contributed by atoms with Crippen molar-refractivity contribution in [3.05, 3.63) is 35.9 Å². The van der Waals surface area contributed by atoms with Crippen molar-refractivity contribution in [3.8, 4) is 0 Å². The third-order valence-electron chi connectivity index (χ3n) is 3.87. The number of hydrogen-bond donors (Lipinski definition) is 0. The minimum atomic E-state index is -0.461. The van der Waals surface area contributed by atoms with Gasteiger partial charge in [0.25, 0.3) is 0 Å². The molecule has 2 heterocycles. The molecule has 0 amide bonds. The highest BCUT2D eigenvalue weighted by Gasteiger charge is 2.55. The van der Waals surface area contributed by atoms with E-state index in [9.17, 15) is 4.79 Å². The highest BCUT2D eigenvalue weighted by atomic mass is 16.7. The number of ether oxygens (including phenoxy) is 4. The van der Waals surface area contributed by atoms with Gasteiger partial charge in [0, 0.05) is 5.92 Å². The second kappa shape index (κ2) is 6.59. The molecule has 0 radical (unpaired) electrons. The molecule has 23 heavy (non-hydrogen) atoms. The molecule has 0 saturated carbocycles. The summed E-state index contributed by atoms with van der Waals surface area (Å²) < 4.78 is 22.6. The molecule has 0 bridgehead atoms. The lowest BCUT2D eigenvalue weighted by Crippen LogP contribution is -2.37. The Kier molecular flexibility index (Phi) is 4.71. The quantitative estimate of drug-likeness (QED) is 0.617. The van der Waals surface area contributed by atoms with Crippen LogP contribution < -0.4 is 0 Å². The average Bonchev–Trinajstić information content (AvgIpc) is 3.26. The van der Waals surface area contributed by atoms with Crippen LogP contribution in [0.1, 0.15) is 32.8 Å². The number of hydrogen-bond acceptors (Lipinski definition) is 5. The molecule has 0 N–H and O–H groups in total. The molecule has 0 unspecified atom stereocenters. The van der Waals surface area contributed by atoms with Gasteiger partial charge in [0.05, 0.1) is 25.7 Å². The predicted molar refractivity (Wildman–Crippen MR) is 83.6 cm³/mol. The van der Waals surface area contributed by atoms with Crippen LogP contribution in [0.2, 0.25) is 0 Å². The van der Waals surface area contributed by atoms with Gasteiger partial charge in [-0.2, -0.15) is 0 Å². The first kappa shape index (κ1) is 16.4. The lowest BCUT2D eigenvalue weighted by Gasteiger charge is -2.26. The molecule has 0 spiro atoms. The van der Waals surface area contributed by atoms with Gasteiger partial charge in [0.2, 0.25) is 0 Å². The molecule has 2 saturated heterocycles. The fourth-order valence-electron chi connectivity index (χ4n) is 2.81. The van der Waals surface area contributed by atoms with Gasteiger partial charge in [0.15, 0.2) is 6.29 Å². The standard InChI is InChI=1S/C18H24O5/c1-18(2,3)23-14(19)9-13-11-21-17(16-15(13)22-16)20-10-12-7-5-4-6-8-12/h4-8,13,15-17H,9-11H2,1-3H3/t13-,15+,16+,17-/m0/s1. The molecule has 4 atom stereocenters. The summed E-state index contributed by atoms with van der Waals surface area (Å²) in [6, 6.07) is 9.96. The second-order valence-electron chi connectivity index (χ2n) is 7.11. The number of carbonyl (C=O) groups is 1. The molecule has 2 aliphatic heterocycles. The van der Waals surface area contributed by atoms with Crippen molar-refractivity contribution in [2.75, 3.05) is 6.61 Å². The minimum Gasteiger partial charge on any atom is -0.460 e. The molecule has 1 aromatic rings. The molecule has 0 aromatic heterocycles. The molecule has 2 aliphatic rings. The van der Waals surface area contributed by atoms with E-state index in [0.717, 1.165) is 5.56 Å². The minimum absolute atomic E-state index is 0.0389. The van der Waals surface area contributed by atoms with E-state index < -0.39 is 5.60 Å². The molecular weight excluding hydrogens is 296 g/mol. The lowest BCUT2D eigenvalue weighted by atomic mass is 9.97. The van der Waals surface area contributed by atoms with E-state index in [1.807, 2.05) is 51.1 Å². The SMILES string of the molecule is CC(C)(C)OC(=O)C[C@H]1CO[C@H](OCc2ccccc2)[C@@H]2O[C@H]12. The van der Waals surface area contributed by atoms with E-state index in [0.29, 0.717) is 19.6 Å². The Morgan fingerprint density at radius 2 is 1.96 bits per heavy atom. The van der Waals surface area contributed by atoms with Crippen LogP contribution in [0.25, 0.3) is 0 Å². The van der Waals surface area contributed by atoms with Crippen molar-refractivity contribution < 1.29 is 23.7 Å². The van der Waals surface area contributed by atoms with Crippen LogP contribution in [0.3, 0.4) is 0 Å². The molecule has 5 heteroatoms. The Hall–Kier alpha value is -1.43. The van der Waals surface area contributed by atoms with Crippen LogP contribution in [0.15, 0.2) is 30.3 Å². The Morgan fingerprint density at radius 3 is 2.65 bits per heavy atom. The fourth-order valence-corrected chi connectivity index (χ4v) is 2.81. The van der Waals surface area contributed by atoms with Crippen molar-refractivity contribution in [1.29, 1.82) is 0 Å². The van der Waals surface area contributed by atoms with Crippen molar-refractivity contribution >= 4 is 5.97 Å². The normalized spacial score (nSPS) is 29.7. The number of esters is 1. The highest BCUT2D eigenvalue weighted by molar-refractivity contribution is 5.70. The van der Waals surface area contributed by atoms with Crippen LogP contribution in [-0.4, -0.2) is 36.7 Å². The fraction of sp³-hybridized carbons (Fsp3) is 0.611. The summed E-state index contributed by atoms with van der Waals surface area (Å²) >= 11 is 0. The van der Waals surface area contributed by atoms with Crippen LogP contribution in [-0.2, 0) is 30.3 Å². The van der Waals surface area contributed by atoms with Crippen molar-refractivity contribution in [2.24, 2.45) is 5.92 Å². The van der Waals surface area contributed by atoms with Crippen LogP contribution in [0.4, 0.5) is 0 Å². The Morgan fingerprint density at radius 1 is 1.22 bits per heavy atom. The number of epoxide rings is 1. The first-order valence-corrected chi connectivity index (χ1v) is 8.07. The smallest absolute Gasteiger partial charge is 0.306 e. The zero-order valence-electron chi connectivity index (χ0n) is 13.9.